The number of aryl methyl sites for hydroxylation is 1. The fourth-order valence-corrected chi connectivity index (χ4v) is 2.45. The van der Waals surface area contributed by atoms with Crippen molar-refractivity contribution >= 4 is 11.3 Å². The van der Waals surface area contributed by atoms with Crippen molar-refractivity contribution in [2.75, 3.05) is 19.0 Å². The van der Waals surface area contributed by atoms with Gasteiger partial charge in [-0.25, -0.2) is 0 Å². The smallest absolute Gasteiger partial charge is 0.120 e. The summed E-state index contributed by atoms with van der Waals surface area (Å²) in [7, 11) is 1.67. The molecule has 20 heavy (non-hydrogen) atoms. The van der Waals surface area contributed by atoms with Crippen LogP contribution < -0.4 is 10.1 Å². The summed E-state index contributed by atoms with van der Waals surface area (Å²) in [5.41, 5.74) is 5.23. The minimum absolute atomic E-state index is 0.331. The lowest BCUT2D eigenvalue weighted by atomic mass is 9.93. The van der Waals surface area contributed by atoms with Gasteiger partial charge in [-0.05, 0) is 41.8 Å². The second-order valence-electron chi connectivity index (χ2n) is 4.91. The third-order valence-electron chi connectivity index (χ3n) is 3.64. The number of anilines is 1. The summed E-state index contributed by atoms with van der Waals surface area (Å²) in [4.78, 5) is 0. The first-order valence-corrected chi connectivity index (χ1v) is 6.61. The Hall–Kier alpha value is -2.42. The fraction of sp³-hybridized carbons (Fsp3) is 0.176. The maximum atomic E-state index is 9.90. The molecule has 0 aromatic heterocycles. The largest absolute Gasteiger partial charge is 0.508 e. The van der Waals surface area contributed by atoms with E-state index in [4.69, 9.17) is 4.74 Å². The molecule has 3 nitrogen and oxygen atoms in total. The number of rotatable bonds is 2. The molecule has 0 saturated heterocycles. The van der Waals surface area contributed by atoms with Gasteiger partial charge in [-0.2, -0.15) is 0 Å². The van der Waals surface area contributed by atoms with Crippen LogP contribution in [-0.2, 0) is 0 Å². The monoisotopic (exact) mass is 267 g/mol. The number of methoxy groups -OCH3 is 1. The average molecular weight is 267 g/mol. The Kier molecular flexibility index (Phi) is 3.11. The van der Waals surface area contributed by atoms with E-state index in [9.17, 15) is 5.11 Å². The van der Waals surface area contributed by atoms with Gasteiger partial charge in [0.1, 0.15) is 11.5 Å². The van der Waals surface area contributed by atoms with Crippen LogP contribution in [0.15, 0.2) is 42.5 Å². The molecule has 1 aliphatic heterocycles. The first-order valence-electron chi connectivity index (χ1n) is 6.61. The first-order chi connectivity index (χ1) is 9.69. The van der Waals surface area contributed by atoms with Crippen molar-refractivity contribution in [2.24, 2.45) is 0 Å². The van der Waals surface area contributed by atoms with E-state index in [1.165, 1.54) is 0 Å². The van der Waals surface area contributed by atoms with Gasteiger partial charge in [0.15, 0.2) is 0 Å². The number of phenolic OH excluding ortho intramolecular Hbond substituents is 1. The van der Waals surface area contributed by atoms with Gasteiger partial charge in [0.25, 0.3) is 0 Å². The summed E-state index contributed by atoms with van der Waals surface area (Å²) in [5, 5.41) is 13.2. The van der Waals surface area contributed by atoms with Gasteiger partial charge in [-0.3, -0.25) is 0 Å². The second kappa shape index (κ2) is 4.93. The van der Waals surface area contributed by atoms with Crippen LogP contribution in [0.3, 0.4) is 0 Å². The zero-order valence-corrected chi connectivity index (χ0v) is 11.6. The standard InChI is InChI=1S/C17H17NO2/c1-11-3-4-12(9-17(11)19)14-7-8-18-16-10-13(20-2)5-6-15(14)16/h3-7,9-10,18-19H,8H2,1-2H3. The molecule has 0 bridgehead atoms. The van der Waals surface area contributed by atoms with Crippen LogP contribution in [0.2, 0.25) is 0 Å². The second-order valence-corrected chi connectivity index (χ2v) is 4.91. The van der Waals surface area contributed by atoms with Crippen molar-refractivity contribution in [1.82, 2.24) is 0 Å². The number of hydrogen-bond acceptors (Lipinski definition) is 3. The van der Waals surface area contributed by atoms with Crippen molar-refractivity contribution in [3.05, 3.63) is 59.2 Å². The molecule has 1 aliphatic rings. The summed E-state index contributed by atoms with van der Waals surface area (Å²) >= 11 is 0. The van der Waals surface area contributed by atoms with E-state index in [2.05, 4.69) is 11.4 Å². The molecule has 0 unspecified atom stereocenters. The van der Waals surface area contributed by atoms with Crippen LogP contribution in [0.25, 0.3) is 5.57 Å². The summed E-state index contributed by atoms with van der Waals surface area (Å²) in [6.45, 7) is 2.67. The highest BCUT2D eigenvalue weighted by molar-refractivity contribution is 5.89. The van der Waals surface area contributed by atoms with Crippen LogP contribution in [0, 0.1) is 6.92 Å². The number of fused-ring (bicyclic) bond motifs is 1. The number of ether oxygens (including phenoxy) is 1. The van der Waals surface area contributed by atoms with E-state index in [0.29, 0.717) is 5.75 Å². The topological polar surface area (TPSA) is 41.5 Å². The number of benzene rings is 2. The molecule has 1 heterocycles. The number of nitrogens with one attached hydrogen (secondary N) is 1. The molecular weight excluding hydrogens is 250 g/mol. The van der Waals surface area contributed by atoms with Crippen molar-refractivity contribution in [1.29, 1.82) is 0 Å². The molecule has 2 aromatic rings. The van der Waals surface area contributed by atoms with Gasteiger partial charge in [0, 0.05) is 23.9 Å². The molecule has 0 fully saturated rings. The Bertz CT molecular complexity index is 689. The lowest BCUT2D eigenvalue weighted by Crippen LogP contribution is -2.09. The van der Waals surface area contributed by atoms with Gasteiger partial charge in [-0.1, -0.05) is 18.2 Å². The number of hydrogen-bond donors (Lipinski definition) is 2. The molecule has 2 N–H and O–H groups in total. The van der Waals surface area contributed by atoms with Gasteiger partial charge in [0.2, 0.25) is 0 Å². The third-order valence-corrected chi connectivity index (χ3v) is 3.64. The van der Waals surface area contributed by atoms with Gasteiger partial charge < -0.3 is 15.2 Å². The van der Waals surface area contributed by atoms with Gasteiger partial charge >= 0.3 is 0 Å². The van der Waals surface area contributed by atoms with E-state index in [1.54, 1.807) is 7.11 Å². The highest BCUT2D eigenvalue weighted by atomic mass is 16.5. The molecular formula is C17H17NO2. The molecule has 0 aliphatic carbocycles. The summed E-state index contributed by atoms with van der Waals surface area (Å²) < 4.78 is 5.26. The van der Waals surface area contributed by atoms with E-state index in [0.717, 1.165) is 40.2 Å². The Morgan fingerprint density at radius 3 is 2.75 bits per heavy atom. The molecule has 2 aromatic carbocycles. The maximum absolute atomic E-state index is 9.90. The lowest BCUT2D eigenvalue weighted by Gasteiger charge is -2.20. The van der Waals surface area contributed by atoms with Crippen molar-refractivity contribution in [3.63, 3.8) is 0 Å². The molecule has 102 valence electrons. The van der Waals surface area contributed by atoms with Crippen LogP contribution in [-0.4, -0.2) is 18.8 Å². The Labute approximate surface area is 118 Å². The Balaban J connectivity index is 2.08. The van der Waals surface area contributed by atoms with E-state index in [-0.39, 0.29) is 0 Å². The minimum Gasteiger partial charge on any atom is -0.508 e. The third kappa shape index (κ3) is 2.11. The lowest BCUT2D eigenvalue weighted by molar-refractivity contribution is 0.415. The minimum atomic E-state index is 0.331. The van der Waals surface area contributed by atoms with Crippen molar-refractivity contribution < 1.29 is 9.84 Å². The zero-order chi connectivity index (χ0) is 14.1. The zero-order valence-electron chi connectivity index (χ0n) is 11.6. The van der Waals surface area contributed by atoms with Crippen molar-refractivity contribution in [2.45, 2.75) is 6.92 Å². The maximum Gasteiger partial charge on any atom is 0.120 e. The summed E-state index contributed by atoms with van der Waals surface area (Å²) in [5.74, 6) is 1.17. The fourth-order valence-electron chi connectivity index (χ4n) is 2.45. The van der Waals surface area contributed by atoms with Crippen molar-refractivity contribution in [3.8, 4) is 11.5 Å². The molecule has 3 heteroatoms. The molecule has 0 amide bonds. The average Bonchev–Trinajstić information content (AvgIpc) is 2.49. The first kappa shape index (κ1) is 12.6. The summed E-state index contributed by atoms with van der Waals surface area (Å²) in [6.07, 6.45) is 2.14. The highest BCUT2D eigenvalue weighted by Crippen LogP contribution is 2.36. The number of aromatic hydroxyl groups is 1. The van der Waals surface area contributed by atoms with Gasteiger partial charge in [-0.15, -0.1) is 0 Å². The van der Waals surface area contributed by atoms with Crippen LogP contribution in [0.1, 0.15) is 16.7 Å². The van der Waals surface area contributed by atoms with Crippen LogP contribution in [0.4, 0.5) is 5.69 Å². The van der Waals surface area contributed by atoms with Crippen LogP contribution >= 0.6 is 0 Å². The van der Waals surface area contributed by atoms with Crippen LogP contribution in [0.5, 0.6) is 11.5 Å². The molecule has 3 rings (SSSR count). The predicted octanol–water partition coefficient (Wildman–Crippen LogP) is 3.57. The number of phenols is 1. The van der Waals surface area contributed by atoms with Gasteiger partial charge in [0.05, 0.1) is 7.11 Å². The van der Waals surface area contributed by atoms with E-state index in [1.807, 2.05) is 43.3 Å². The van der Waals surface area contributed by atoms with E-state index >= 15 is 0 Å². The molecule has 0 atom stereocenters. The van der Waals surface area contributed by atoms with E-state index < -0.39 is 0 Å². The molecule has 0 spiro atoms. The molecule has 0 radical (unpaired) electrons. The quantitative estimate of drug-likeness (QED) is 0.874. The molecule has 0 saturated carbocycles. The summed E-state index contributed by atoms with van der Waals surface area (Å²) in [6, 6.07) is 11.8. The Morgan fingerprint density at radius 2 is 2.00 bits per heavy atom. The predicted molar refractivity (Wildman–Crippen MR) is 81.4 cm³/mol. The SMILES string of the molecule is COc1ccc2c(c1)NCC=C2c1ccc(C)c(O)c1. The Morgan fingerprint density at radius 1 is 1.15 bits per heavy atom. The highest BCUT2D eigenvalue weighted by Gasteiger charge is 2.15. The normalized spacial score (nSPS) is 13.2.